The zero-order valence-corrected chi connectivity index (χ0v) is 33.2. The first-order chi connectivity index (χ1) is 28.2. The van der Waals surface area contributed by atoms with Gasteiger partial charge in [0.1, 0.15) is 0 Å². The number of aromatic nitrogens is 2. The molecule has 0 N–H and O–H groups in total. The van der Waals surface area contributed by atoms with E-state index in [1.807, 2.05) is 6.07 Å². The van der Waals surface area contributed by atoms with Crippen molar-refractivity contribution in [2.24, 2.45) is 0 Å². The van der Waals surface area contributed by atoms with Crippen LogP contribution in [-0.4, -0.2) is 9.97 Å². The maximum atomic E-state index is 5.22. The van der Waals surface area contributed by atoms with E-state index in [-0.39, 0.29) is 10.8 Å². The van der Waals surface area contributed by atoms with Gasteiger partial charge < -0.3 is 0 Å². The van der Waals surface area contributed by atoms with Crippen LogP contribution in [0.4, 0.5) is 0 Å². The highest BCUT2D eigenvalue weighted by Gasteiger charge is 2.37. The summed E-state index contributed by atoms with van der Waals surface area (Å²) in [5, 5.41) is 2.55. The summed E-state index contributed by atoms with van der Waals surface area (Å²) < 4.78 is 0. The van der Waals surface area contributed by atoms with Crippen LogP contribution in [0.2, 0.25) is 0 Å². The molecule has 0 saturated heterocycles. The van der Waals surface area contributed by atoms with Gasteiger partial charge in [0, 0.05) is 27.5 Å². The molecule has 0 atom stereocenters. The minimum absolute atomic E-state index is 0.0408. The van der Waals surface area contributed by atoms with Crippen molar-refractivity contribution >= 4 is 10.8 Å². The average Bonchev–Trinajstić information content (AvgIpc) is 3.64. The molecular formula is C56H42N2. The molecule has 1 aromatic heterocycles. The van der Waals surface area contributed by atoms with Gasteiger partial charge in [-0.15, -0.1) is 0 Å². The quantitative estimate of drug-likeness (QED) is 0.175. The maximum Gasteiger partial charge on any atom is 0.160 e. The molecule has 0 saturated carbocycles. The lowest BCUT2D eigenvalue weighted by atomic mass is 9.81. The predicted octanol–water partition coefficient (Wildman–Crippen LogP) is 14.6. The zero-order chi connectivity index (χ0) is 39.2. The SMILES string of the molecule is CC1(C)c2ccccc2-c2ccc(-c3ccc(-c4cc(-c5cccc(-c6cccc7c6-c6cc8ccccc8cc6C7(C)C)c5)nc(-c5ccccc5)n4)cc3)cc21. The van der Waals surface area contributed by atoms with Crippen LogP contribution >= 0.6 is 0 Å². The van der Waals surface area contributed by atoms with Gasteiger partial charge in [0.2, 0.25) is 0 Å². The smallest absolute Gasteiger partial charge is 0.160 e. The van der Waals surface area contributed by atoms with Crippen LogP contribution < -0.4 is 0 Å². The third-order valence-corrected chi connectivity index (χ3v) is 12.9. The molecule has 0 aliphatic heterocycles. The van der Waals surface area contributed by atoms with Gasteiger partial charge in [-0.05, 0) is 108 Å². The monoisotopic (exact) mass is 742 g/mol. The summed E-state index contributed by atoms with van der Waals surface area (Å²) in [6.07, 6.45) is 0. The summed E-state index contributed by atoms with van der Waals surface area (Å²) in [5.74, 6) is 0.714. The Labute approximate surface area is 340 Å². The topological polar surface area (TPSA) is 25.8 Å². The highest BCUT2D eigenvalue weighted by molar-refractivity contribution is 5.99. The van der Waals surface area contributed by atoms with E-state index in [4.69, 9.17) is 9.97 Å². The van der Waals surface area contributed by atoms with Crippen molar-refractivity contribution in [3.8, 4) is 78.4 Å². The van der Waals surface area contributed by atoms with Crippen molar-refractivity contribution in [3.05, 3.63) is 204 Å². The van der Waals surface area contributed by atoms with Crippen molar-refractivity contribution < 1.29 is 0 Å². The first-order valence-corrected chi connectivity index (χ1v) is 20.3. The molecule has 0 radical (unpaired) electrons. The summed E-state index contributed by atoms with van der Waals surface area (Å²) >= 11 is 0. The number of hydrogen-bond acceptors (Lipinski definition) is 2. The van der Waals surface area contributed by atoms with Crippen molar-refractivity contribution in [3.63, 3.8) is 0 Å². The van der Waals surface area contributed by atoms with E-state index < -0.39 is 0 Å². The number of benzene rings is 8. The van der Waals surface area contributed by atoms with Crippen LogP contribution in [0.15, 0.2) is 182 Å². The fraction of sp³-hybridized carbons (Fsp3) is 0.107. The molecule has 11 rings (SSSR count). The molecule has 2 aliphatic carbocycles. The molecule has 8 aromatic carbocycles. The van der Waals surface area contributed by atoms with E-state index in [9.17, 15) is 0 Å². The van der Waals surface area contributed by atoms with Gasteiger partial charge in [-0.3, -0.25) is 0 Å². The minimum Gasteiger partial charge on any atom is -0.228 e. The molecule has 2 aliphatic rings. The van der Waals surface area contributed by atoms with Crippen molar-refractivity contribution in [1.82, 2.24) is 9.97 Å². The Morgan fingerprint density at radius 2 is 0.862 bits per heavy atom. The molecule has 0 fully saturated rings. The highest BCUT2D eigenvalue weighted by Crippen LogP contribution is 2.53. The third kappa shape index (κ3) is 5.32. The molecule has 9 aromatic rings. The van der Waals surface area contributed by atoms with Gasteiger partial charge in [-0.1, -0.05) is 179 Å². The lowest BCUT2D eigenvalue weighted by Gasteiger charge is -2.22. The van der Waals surface area contributed by atoms with Crippen LogP contribution in [0.25, 0.3) is 89.2 Å². The van der Waals surface area contributed by atoms with Crippen LogP contribution in [0.3, 0.4) is 0 Å². The lowest BCUT2D eigenvalue weighted by molar-refractivity contribution is 0.660. The van der Waals surface area contributed by atoms with Crippen LogP contribution in [0, 0.1) is 0 Å². The van der Waals surface area contributed by atoms with Crippen molar-refractivity contribution in [2.45, 2.75) is 38.5 Å². The van der Waals surface area contributed by atoms with Crippen LogP contribution in [-0.2, 0) is 10.8 Å². The Kier molecular flexibility index (Phi) is 7.59. The van der Waals surface area contributed by atoms with Crippen LogP contribution in [0.5, 0.6) is 0 Å². The van der Waals surface area contributed by atoms with Gasteiger partial charge in [-0.2, -0.15) is 0 Å². The molecule has 0 spiro atoms. The Morgan fingerprint density at radius 3 is 1.67 bits per heavy atom. The average molecular weight is 743 g/mol. The second-order valence-electron chi connectivity index (χ2n) is 17.0. The molecule has 2 heteroatoms. The standard InChI is InChI=1S/C56H42N2/c1-55(2)47-22-11-10-20-44(47)45-29-28-40(33-49(45)55)35-24-26-36(27-25-35)51-34-52(58-54(57-51)37-14-6-5-7-15-37)42-19-12-18-41(30-42)43-21-13-23-48-53(43)46-31-38-16-8-9-17-39(38)32-50(46)56(48,3)4/h5-34H,1-4H3. The Hall–Kier alpha value is -6.90. The van der Waals surface area contributed by atoms with Crippen LogP contribution in [0.1, 0.15) is 49.9 Å². The first kappa shape index (κ1) is 34.4. The van der Waals surface area contributed by atoms with Crippen molar-refractivity contribution in [2.75, 3.05) is 0 Å². The molecule has 0 unspecified atom stereocenters. The first-order valence-electron chi connectivity index (χ1n) is 20.3. The fourth-order valence-electron chi connectivity index (χ4n) is 9.74. The minimum atomic E-state index is -0.104. The number of fused-ring (bicyclic) bond motifs is 7. The summed E-state index contributed by atoms with van der Waals surface area (Å²) in [4.78, 5) is 10.4. The fourth-order valence-corrected chi connectivity index (χ4v) is 9.74. The lowest BCUT2D eigenvalue weighted by Crippen LogP contribution is -2.14. The Bertz CT molecular complexity index is 3100. The summed E-state index contributed by atoms with van der Waals surface area (Å²) in [6, 6.07) is 66.3. The van der Waals surface area contributed by atoms with E-state index in [1.165, 1.54) is 77.5 Å². The summed E-state index contributed by atoms with van der Waals surface area (Å²) in [5.41, 5.74) is 20.5. The van der Waals surface area contributed by atoms with Gasteiger partial charge in [0.05, 0.1) is 11.4 Å². The molecular weight excluding hydrogens is 701 g/mol. The van der Waals surface area contributed by atoms with E-state index in [1.54, 1.807) is 0 Å². The third-order valence-electron chi connectivity index (χ3n) is 12.9. The zero-order valence-electron chi connectivity index (χ0n) is 33.2. The van der Waals surface area contributed by atoms with Gasteiger partial charge in [0.25, 0.3) is 0 Å². The molecule has 0 amide bonds. The number of nitrogens with zero attached hydrogens (tertiary/aromatic N) is 2. The largest absolute Gasteiger partial charge is 0.228 e. The molecule has 276 valence electrons. The van der Waals surface area contributed by atoms with E-state index in [2.05, 4.69) is 204 Å². The normalized spacial score (nSPS) is 14.1. The molecule has 1 heterocycles. The number of rotatable bonds is 5. The number of hydrogen-bond donors (Lipinski definition) is 0. The van der Waals surface area contributed by atoms with E-state index >= 15 is 0 Å². The van der Waals surface area contributed by atoms with Crippen molar-refractivity contribution in [1.29, 1.82) is 0 Å². The molecule has 0 bridgehead atoms. The van der Waals surface area contributed by atoms with Gasteiger partial charge in [-0.25, -0.2) is 9.97 Å². The highest BCUT2D eigenvalue weighted by atomic mass is 14.9. The molecule has 58 heavy (non-hydrogen) atoms. The van der Waals surface area contributed by atoms with E-state index in [0.717, 1.165) is 28.1 Å². The van der Waals surface area contributed by atoms with Gasteiger partial charge in [0.15, 0.2) is 5.82 Å². The van der Waals surface area contributed by atoms with E-state index in [0.29, 0.717) is 5.82 Å². The maximum absolute atomic E-state index is 5.22. The molecule has 2 nitrogen and oxygen atoms in total. The predicted molar refractivity (Wildman–Crippen MR) is 242 cm³/mol. The van der Waals surface area contributed by atoms with Gasteiger partial charge >= 0.3 is 0 Å². The Balaban J connectivity index is 0.992. The summed E-state index contributed by atoms with van der Waals surface area (Å²) in [7, 11) is 0. The second kappa shape index (κ2) is 12.8. The summed E-state index contributed by atoms with van der Waals surface area (Å²) in [6.45, 7) is 9.40. The Morgan fingerprint density at radius 1 is 0.310 bits per heavy atom. The second-order valence-corrected chi connectivity index (χ2v) is 17.0.